The van der Waals surface area contributed by atoms with E-state index in [0.717, 1.165) is 0 Å². The van der Waals surface area contributed by atoms with Gasteiger partial charge in [0.1, 0.15) is 11.5 Å². The van der Waals surface area contributed by atoms with E-state index in [0.29, 0.717) is 24.0 Å². The van der Waals surface area contributed by atoms with E-state index in [-0.39, 0.29) is 48.3 Å². The summed E-state index contributed by atoms with van der Waals surface area (Å²) in [5, 5.41) is 40.5. The predicted molar refractivity (Wildman–Crippen MR) is 112 cm³/mol. The van der Waals surface area contributed by atoms with Gasteiger partial charge in [0.05, 0.1) is 48.3 Å². The van der Waals surface area contributed by atoms with Gasteiger partial charge in [-0.2, -0.15) is 10.5 Å². The number of esters is 2. The minimum atomic E-state index is -1.08. The molecule has 0 amide bonds. The summed E-state index contributed by atoms with van der Waals surface area (Å²) in [6.07, 6.45) is 0.863. The maximum atomic E-state index is 12.1. The molecule has 0 aromatic heterocycles. The van der Waals surface area contributed by atoms with E-state index in [1.807, 2.05) is 0 Å². The zero-order chi connectivity index (χ0) is 23.5. The first-order valence-corrected chi connectivity index (χ1v) is 10.2. The summed E-state index contributed by atoms with van der Waals surface area (Å²) in [5.41, 5.74) is -0.808. The van der Waals surface area contributed by atoms with Gasteiger partial charge in [-0.15, -0.1) is 0 Å². The highest BCUT2D eigenvalue weighted by Gasteiger charge is 2.43. The molecule has 0 unspecified atom stereocenters. The average molecular weight is 436 g/mol. The topological polar surface area (TPSA) is 141 Å². The van der Waals surface area contributed by atoms with Crippen molar-refractivity contribution in [2.45, 2.75) is 49.4 Å². The summed E-state index contributed by atoms with van der Waals surface area (Å²) in [6, 6.07) is 11.6. The molecular weight excluding hydrogens is 412 g/mol. The number of aliphatic hydroxyl groups is 2. The highest BCUT2D eigenvalue weighted by atomic mass is 16.5. The van der Waals surface area contributed by atoms with Crippen molar-refractivity contribution in [2.24, 2.45) is 0 Å². The fourth-order valence-corrected chi connectivity index (χ4v) is 4.50. The van der Waals surface area contributed by atoms with Crippen LogP contribution in [0.3, 0.4) is 0 Å². The third-order valence-corrected chi connectivity index (χ3v) is 6.49. The lowest BCUT2D eigenvalue weighted by Crippen LogP contribution is -2.34. The summed E-state index contributed by atoms with van der Waals surface area (Å²) >= 11 is 0. The molecular formula is C24H24N2O6. The van der Waals surface area contributed by atoms with Crippen molar-refractivity contribution in [1.29, 1.82) is 10.5 Å². The number of hydrogen-bond donors (Lipinski definition) is 2. The SMILES string of the molecule is COC(=O)C1=C(O)CC[C@](C#N)(c2cccc([C@]3(C#N)CCC(O)=C(C(=O)OC)C3)c2)C1. The first-order chi connectivity index (χ1) is 15.3. The van der Waals surface area contributed by atoms with Gasteiger partial charge in [-0.1, -0.05) is 24.3 Å². The molecule has 3 rings (SSSR count). The van der Waals surface area contributed by atoms with E-state index < -0.39 is 22.8 Å². The molecule has 1 aromatic rings. The first-order valence-electron chi connectivity index (χ1n) is 10.2. The summed E-state index contributed by atoms with van der Waals surface area (Å²) in [4.78, 5) is 24.2. The van der Waals surface area contributed by atoms with E-state index in [1.165, 1.54) is 14.2 Å². The number of hydrogen-bond acceptors (Lipinski definition) is 8. The number of rotatable bonds is 4. The Hall–Kier alpha value is -3.78. The smallest absolute Gasteiger partial charge is 0.337 e. The molecule has 166 valence electrons. The number of methoxy groups -OCH3 is 2. The molecule has 0 bridgehead atoms. The fourth-order valence-electron chi connectivity index (χ4n) is 4.50. The number of benzene rings is 1. The number of carbonyl (C=O) groups excluding carboxylic acids is 2. The zero-order valence-electron chi connectivity index (χ0n) is 18.0. The predicted octanol–water partition coefficient (Wildman–Crippen LogP) is 3.55. The third-order valence-electron chi connectivity index (χ3n) is 6.49. The van der Waals surface area contributed by atoms with Gasteiger partial charge in [-0.3, -0.25) is 0 Å². The summed E-state index contributed by atoms with van der Waals surface area (Å²) in [7, 11) is 2.43. The van der Waals surface area contributed by atoms with E-state index in [1.54, 1.807) is 24.3 Å². The van der Waals surface area contributed by atoms with Gasteiger partial charge in [-0.05, 0) is 24.0 Å². The van der Waals surface area contributed by atoms with Gasteiger partial charge >= 0.3 is 11.9 Å². The second-order valence-electron chi connectivity index (χ2n) is 8.16. The van der Waals surface area contributed by atoms with Gasteiger partial charge < -0.3 is 19.7 Å². The second kappa shape index (κ2) is 8.76. The third kappa shape index (κ3) is 3.80. The lowest BCUT2D eigenvalue weighted by Gasteiger charge is -2.35. The minimum Gasteiger partial charge on any atom is -0.512 e. The zero-order valence-corrected chi connectivity index (χ0v) is 18.0. The van der Waals surface area contributed by atoms with Crippen LogP contribution in [0.1, 0.15) is 49.7 Å². The van der Waals surface area contributed by atoms with Crippen molar-refractivity contribution in [2.75, 3.05) is 14.2 Å². The van der Waals surface area contributed by atoms with Crippen LogP contribution in [-0.2, 0) is 29.9 Å². The Bertz CT molecular complexity index is 1020. The molecule has 8 nitrogen and oxygen atoms in total. The Labute approximate surface area is 186 Å². The highest BCUT2D eigenvalue weighted by Crippen LogP contribution is 2.45. The van der Waals surface area contributed by atoms with E-state index in [9.17, 15) is 30.3 Å². The lowest BCUT2D eigenvalue weighted by atomic mass is 9.66. The Morgan fingerprint density at radius 1 is 0.875 bits per heavy atom. The summed E-state index contributed by atoms with van der Waals surface area (Å²) in [6.45, 7) is 0. The second-order valence-corrected chi connectivity index (χ2v) is 8.16. The van der Waals surface area contributed by atoms with Gasteiger partial charge in [0.25, 0.3) is 0 Å². The molecule has 0 fully saturated rings. The van der Waals surface area contributed by atoms with Crippen molar-refractivity contribution < 1.29 is 29.3 Å². The Morgan fingerprint density at radius 2 is 1.28 bits per heavy atom. The van der Waals surface area contributed by atoms with Crippen LogP contribution in [0.5, 0.6) is 0 Å². The van der Waals surface area contributed by atoms with E-state index in [2.05, 4.69) is 12.1 Å². The number of allylic oxidation sites excluding steroid dienone is 2. The van der Waals surface area contributed by atoms with E-state index in [4.69, 9.17) is 9.47 Å². The number of carbonyl (C=O) groups is 2. The van der Waals surface area contributed by atoms with Crippen molar-refractivity contribution in [3.05, 3.63) is 58.1 Å². The van der Waals surface area contributed by atoms with Crippen LogP contribution in [0.15, 0.2) is 46.9 Å². The Balaban J connectivity index is 2.05. The lowest BCUT2D eigenvalue weighted by molar-refractivity contribution is -0.137. The largest absolute Gasteiger partial charge is 0.512 e. The molecule has 0 radical (unpaired) electrons. The van der Waals surface area contributed by atoms with Crippen molar-refractivity contribution in [3.8, 4) is 12.1 Å². The number of aliphatic hydroxyl groups excluding tert-OH is 2. The molecule has 2 N–H and O–H groups in total. The molecule has 2 atom stereocenters. The molecule has 1 aromatic carbocycles. The Kier molecular flexibility index (Phi) is 6.27. The molecule has 0 heterocycles. The molecule has 2 aliphatic carbocycles. The van der Waals surface area contributed by atoms with Crippen LogP contribution in [0.2, 0.25) is 0 Å². The number of nitrogens with zero attached hydrogens (tertiary/aromatic N) is 2. The monoisotopic (exact) mass is 436 g/mol. The first kappa shape index (κ1) is 22.9. The van der Waals surface area contributed by atoms with Crippen LogP contribution >= 0.6 is 0 Å². The van der Waals surface area contributed by atoms with Crippen LogP contribution in [0.4, 0.5) is 0 Å². The number of nitriles is 2. The van der Waals surface area contributed by atoms with Crippen LogP contribution in [0.25, 0.3) is 0 Å². The van der Waals surface area contributed by atoms with Crippen LogP contribution < -0.4 is 0 Å². The molecule has 8 heteroatoms. The van der Waals surface area contributed by atoms with Crippen molar-refractivity contribution in [3.63, 3.8) is 0 Å². The van der Waals surface area contributed by atoms with Crippen LogP contribution in [0, 0.1) is 22.7 Å². The normalized spacial score (nSPS) is 25.5. The van der Waals surface area contributed by atoms with Gasteiger partial charge in [0, 0.05) is 25.7 Å². The molecule has 32 heavy (non-hydrogen) atoms. The summed E-state index contributed by atoms with van der Waals surface area (Å²) in [5.74, 6) is -1.52. The minimum absolute atomic E-state index is 0.0148. The van der Waals surface area contributed by atoms with E-state index >= 15 is 0 Å². The van der Waals surface area contributed by atoms with Gasteiger partial charge in [0.15, 0.2) is 0 Å². The molecule has 0 saturated heterocycles. The standard InChI is InChI=1S/C24H24N2O6/c1-31-21(29)17-11-23(13-25,8-6-19(17)27)15-4-3-5-16(10-15)24(14-26)9-7-20(28)18(12-24)22(30)32-2/h3-5,10,27-28H,6-9,11-12H2,1-2H3/t23-,24+. The number of ether oxygens (including phenoxy) is 2. The Morgan fingerprint density at radius 3 is 1.62 bits per heavy atom. The average Bonchev–Trinajstić information content (AvgIpc) is 2.84. The van der Waals surface area contributed by atoms with Crippen molar-refractivity contribution in [1.82, 2.24) is 0 Å². The van der Waals surface area contributed by atoms with Gasteiger partial charge in [0.2, 0.25) is 0 Å². The van der Waals surface area contributed by atoms with Gasteiger partial charge in [-0.25, -0.2) is 9.59 Å². The molecule has 2 aliphatic rings. The highest BCUT2D eigenvalue weighted by molar-refractivity contribution is 5.90. The maximum Gasteiger partial charge on any atom is 0.337 e. The molecule has 0 saturated carbocycles. The quantitative estimate of drug-likeness (QED) is 0.683. The summed E-state index contributed by atoms with van der Waals surface area (Å²) < 4.78 is 9.52. The molecule has 0 aliphatic heterocycles. The fraction of sp³-hybridized carbons (Fsp3) is 0.417. The van der Waals surface area contributed by atoms with Crippen LogP contribution in [-0.4, -0.2) is 36.4 Å². The maximum absolute atomic E-state index is 12.1. The van der Waals surface area contributed by atoms with Crippen molar-refractivity contribution >= 4 is 11.9 Å². The molecule has 0 spiro atoms.